The first-order chi connectivity index (χ1) is 9.45. The van der Waals surface area contributed by atoms with Gasteiger partial charge < -0.3 is 10.5 Å². The summed E-state index contributed by atoms with van der Waals surface area (Å²) in [5, 5.41) is 0.239. The van der Waals surface area contributed by atoms with E-state index >= 15 is 0 Å². The van der Waals surface area contributed by atoms with E-state index in [2.05, 4.69) is 15.9 Å². The van der Waals surface area contributed by atoms with E-state index in [1.54, 1.807) is 18.2 Å². The zero-order chi connectivity index (χ0) is 14.9. The van der Waals surface area contributed by atoms with E-state index in [1.807, 2.05) is 0 Å². The molecule has 20 heavy (non-hydrogen) atoms. The van der Waals surface area contributed by atoms with Crippen LogP contribution in [0.3, 0.4) is 0 Å². The molecule has 0 atom stereocenters. The fourth-order valence-electron chi connectivity index (χ4n) is 1.79. The number of methoxy groups -OCH3 is 1. The van der Waals surface area contributed by atoms with Crippen molar-refractivity contribution < 1.29 is 13.9 Å². The van der Waals surface area contributed by atoms with Gasteiger partial charge in [0, 0.05) is 10.2 Å². The first kappa shape index (κ1) is 14.8. The Hall–Kier alpha value is -1.59. The summed E-state index contributed by atoms with van der Waals surface area (Å²) in [5.74, 6) is -0.975. The summed E-state index contributed by atoms with van der Waals surface area (Å²) in [6.45, 7) is 0. The third kappa shape index (κ3) is 2.64. The van der Waals surface area contributed by atoms with E-state index in [0.717, 1.165) is 6.07 Å². The average Bonchev–Trinajstić information content (AvgIpc) is 2.41. The molecule has 0 aliphatic rings. The number of carbonyl (C=O) groups excluding carboxylic acids is 1. The number of nitrogen functional groups attached to an aromatic ring is 1. The van der Waals surface area contributed by atoms with Crippen molar-refractivity contribution in [1.82, 2.24) is 0 Å². The lowest BCUT2D eigenvalue weighted by Crippen LogP contribution is -2.09. The Morgan fingerprint density at radius 2 is 2.10 bits per heavy atom. The Bertz CT molecular complexity index is 691. The van der Waals surface area contributed by atoms with Crippen LogP contribution in [-0.4, -0.2) is 12.9 Å². The zero-order valence-corrected chi connectivity index (χ0v) is 12.8. The number of ether oxygens (including phenoxy) is 1. The van der Waals surface area contributed by atoms with Crippen molar-refractivity contribution in [3.8, 4) is 5.75 Å². The van der Waals surface area contributed by atoms with E-state index in [0.29, 0.717) is 4.47 Å². The van der Waals surface area contributed by atoms with E-state index in [4.69, 9.17) is 22.1 Å². The van der Waals surface area contributed by atoms with Gasteiger partial charge in [0.05, 0.1) is 23.3 Å². The third-order valence-electron chi connectivity index (χ3n) is 2.76. The van der Waals surface area contributed by atoms with Crippen LogP contribution in [0.5, 0.6) is 5.75 Å². The van der Waals surface area contributed by atoms with Crippen LogP contribution >= 0.6 is 27.5 Å². The van der Waals surface area contributed by atoms with Crippen molar-refractivity contribution in [2.45, 2.75) is 0 Å². The van der Waals surface area contributed by atoms with Gasteiger partial charge in [-0.15, -0.1) is 0 Å². The topological polar surface area (TPSA) is 52.3 Å². The molecule has 2 rings (SSSR count). The van der Waals surface area contributed by atoms with Crippen molar-refractivity contribution in [2.75, 3.05) is 12.8 Å². The number of rotatable bonds is 3. The minimum Gasteiger partial charge on any atom is -0.496 e. The van der Waals surface area contributed by atoms with Gasteiger partial charge in [-0.2, -0.15) is 0 Å². The van der Waals surface area contributed by atoms with E-state index in [-0.39, 0.29) is 27.6 Å². The maximum absolute atomic E-state index is 13.9. The predicted octanol–water partition coefficient (Wildman–Crippen LogP) is 4.06. The second-order valence-electron chi connectivity index (χ2n) is 4.00. The van der Waals surface area contributed by atoms with Crippen molar-refractivity contribution in [3.63, 3.8) is 0 Å². The molecule has 0 heterocycles. The normalized spacial score (nSPS) is 10.4. The molecule has 0 spiro atoms. The van der Waals surface area contributed by atoms with Crippen LogP contribution in [0.4, 0.5) is 10.1 Å². The van der Waals surface area contributed by atoms with E-state index < -0.39 is 11.6 Å². The van der Waals surface area contributed by atoms with Gasteiger partial charge in [0.1, 0.15) is 11.6 Å². The van der Waals surface area contributed by atoms with Crippen LogP contribution in [0.1, 0.15) is 15.9 Å². The molecule has 0 radical (unpaired) electrons. The summed E-state index contributed by atoms with van der Waals surface area (Å²) >= 11 is 9.00. The van der Waals surface area contributed by atoms with Gasteiger partial charge in [-0.25, -0.2) is 4.39 Å². The number of anilines is 1. The summed E-state index contributed by atoms with van der Waals surface area (Å²) in [4.78, 5) is 12.5. The lowest BCUT2D eigenvalue weighted by molar-refractivity contribution is 0.103. The van der Waals surface area contributed by atoms with Gasteiger partial charge in [-0.05, 0) is 40.2 Å². The maximum Gasteiger partial charge on any atom is 0.201 e. The molecule has 2 aromatic rings. The van der Waals surface area contributed by atoms with Crippen LogP contribution in [-0.2, 0) is 0 Å². The highest BCUT2D eigenvalue weighted by Gasteiger charge is 2.21. The number of benzene rings is 2. The Labute approximate surface area is 128 Å². The summed E-state index contributed by atoms with van der Waals surface area (Å²) in [5.41, 5.74) is 5.96. The number of hydrogen-bond donors (Lipinski definition) is 1. The van der Waals surface area contributed by atoms with Crippen molar-refractivity contribution in [2.24, 2.45) is 0 Å². The molecule has 0 aromatic heterocycles. The first-order valence-electron chi connectivity index (χ1n) is 5.57. The van der Waals surface area contributed by atoms with E-state index in [9.17, 15) is 9.18 Å². The number of halogens is 3. The Kier molecular flexibility index (Phi) is 4.30. The van der Waals surface area contributed by atoms with Crippen LogP contribution in [0, 0.1) is 5.82 Å². The van der Waals surface area contributed by atoms with Gasteiger partial charge >= 0.3 is 0 Å². The molecule has 0 unspecified atom stereocenters. The molecule has 2 N–H and O–H groups in total. The van der Waals surface area contributed by atoms with Crippen molar-refractivity contribution in [3.05, 3.63) is 56.8 Å². The highest BCUT2D eigenvalue weighted by Crippen LogP contribution is 2.31. The molecule has 6 heteroatoms. The van der Waals surface area contributed by atoms with Gasteiger partial charge in [0.25, 0.3) is 0 Å². The second kappa shape index (κ2) is 5.81. The maximum atomic E-state index is 13.9. The van der Waals surface area contributed by atoms with Gasteiger partial charge in [0.15, 0.2) is 0 Å². The zero-order valence-electron chi connectivity index (χ0n) is 10.4. The highest BCUT2D eigenvalue weighted by atomic mass is 79.9. The van der Waals surface area contributed by atoms with Gasteiger partial charge in [-0.1, -0.05) is 17.7 Å². The molecule has 0 saturated heterocycles. The molecule has 0 aliphatic carbocycles. The monoisotopic (exact) mass is 357 g/mol. The van der Waals surface area contributed by atoms with E-state index in [1.165, 1.54) is 13.2 Å². The Morgan fingerprint density at radius 1 is 1.40 bits per heavy atom. The molecule has 3 nitrogen and oxygen atoms in total. The second-order valence-corrected chi connectivity index (χ2v) is 5.26. The molecule has 0 saturated carbocycles. The van der Waals surface area contributed by atoms with Crippen molar-refractivity contribution >= 4 is 39.0 Å². The van der Waals surface area contributed by atoms with Crippen LogP contribution in [0.15, 0.2) is 34.8 Å². The van der Waals surface area contributed by atoms with Gasteiger partial charge in [0.2, 0.25) is 5.78 Å². The molecule has 0 fully saturated rings. The standard InChI is InChI=1S/C14H10BrClFNO2/c1-20-12-4-2-3-11(18)13(12)14(19)7-5-9(16)8(15)6-10(7)17/h2-6H,18H2,1H3. The Balaban J connectivity index is 2.61. The Morgan fingerprint density at radius 3 is 2.75 bits per heavy atom. The minimum absolute atomic E-state index is 0.118. The highest BCUT2D eigenvalue weighted by molar-refractivity contribution is 9.10. The lowest BCUT2D eigenvalue weighted by Gasteiger charge is -2.11. The lowest BCUT2D eigenvalue weighted by atomic mass is 10.0. The summed E-state index contributed by atoms with van der Waals surface area (Å²) in [7, 11) is 1.41. The molecule has 0 aliphatic heterocycles. The fraction of sp³-hybridized carbons (Fsp3) is 0.0714. The fourth-order valence-corrected chi connectivity index (χ4v) is 2.27. The smallest absolute Gasteiger partial charge is 0.201 e. The summed E-state index contributed by atoms with van der Waals surface area (Å²) in [6, 6.07) is 7.18. The quantitative estimate of drug-likeness (QED) is 0.511. The van der Waals surface area contributed by atoms with Gasteiger partial charge in [-0.3, -0.25) is 4.79 Å². The van der Waals surface area contributed by atoms with Crippen LogP contribution in [0.2, 0.25) is 5.02 Å². The molecule has 0 bridgehead atoms. The largest absolute Gasteiger partial charge is 0.496 e. The predicted molar refractivity (Wildman–Crippen MR) is 79.9 cm³/mol. The number of nitrogens with two attached hydrogens (primary N) is 1. The summed E-state index contributed by atoms with van der Waals surface area (Å²) in [6.07, 6.45) is 0. The number of hydrogen-bond acceptors (Lipinski definition) is 3. The summed E-state index contributed by atoms with van der Waals surface area (Å²) < 4.78 is 19.4. The average molecular weight is 359 g/mol. The molecular formula is C14H10BrClFNO2. The molecular weight excluding hydrogens is 349 g/mol. The molecule has 2 aromatic carbocycles. The van der Waals surface area contributed by atoms with Crippen LogP contribution < -0.4 is 10.5 Å². The molecule has 104 valence electrons. The minimum atomic E-state index is -0.684. The SMILES string of the molecule is COc1cccc(N)c1C(=O)c1cc(Cl)c(Br)cc1F. The molecule has 0 amide bonds. The first-order valence-corrected chi connectivity index (χ1v) is 6.74. The van der Waals surface area contributed by atoms with Crippen LogP contribution in [0.25, 0.3) is 0 Å². The number of ketones is 1. The van der Waals surface area contributed by atoms with Crippen molar-refractivity contribution in [1.29, 1.82) is 0 Å². The third-order valence-corrected chi connectivity index (χ3v) is 3.96. The number of carbonyl (C=O) groups is 1.